The maximum absolute atomic E-state index is 13.6. The number of rotatable bonds is 33. The van der Waals surface area contributed by atoms with E-state index in [-0.39, 0.29) is 47.4 Å². The molecule has 3 heterocycles. The molecule has 2 aromatic rings. The second-order valence-electron chi connectivity index (χ2n) is 21.8. The van der Waals surface area contributed by atoms with E-state index in [1.54, 1.807) is 62.4 Å². The first-order valence-corrected chi connectivity index (χ1v) is 33.8. The van der Waals surface area contributed by atoms with Crippen LogP contribution < -0.4 is 0 Å². The van der Waals surface area contributed by atoms with Crippen LogP contribution >= 0.6 is 15.9 Å². The summed E-state index contributed by atoms with van der Waals surface area (Å²) in [5.41, 5.74) is 8.54. The summed E-state index contributed by atoms with van der Waals surface area (Å²) in [5.74, 6) is -0.623. The van der Waals surface area contributed by atoms with Gasteiger partial charge in [0.15, 0.2) is 31.9 Å². The van der Waals surface area contributed by atoms with Crippen molar-refractivity contribution in [3.8, 4) is 0 Å². The molecular formula is C68H93BrO16S2. The Bertz CT molecular complexity index is 3020. The van der Waals surface area contributed by atoms with Gasteiger partial charge in [-0.25, -0.2) is 26.4 Å². The van der Waals surface area contributed by atoms with E-state index in [1.807, 2.05) is 97.9 Å². The van der Waals surface area contributed by atoms with Crippen LogP contribution in [0, 0.1) is 0 Å². The number of epoxide rings is 3. The van der Waals surface area contributed by atoms with Gasteiger partial charge in [-0.3, -0.25) is 0 Å². The Morgan fingerprint density at radius 2 is 0.874 bits per heavy atom. The number of alkyl halides is 1. The van der Waals surface area contributed by atoms with Gasteiger partial charge in [0, 0.05) is 4.83 Å². The summed E-state index contributed by atoms with van der Waals surface area (Å²) in [6.07, 6.45) is 24.5. The van der Waals surface area contributed by atoms with Crippen LogP contribution in [0.15, 0.2) is 164 Å². The number of aliphatic hydroxyl groups excluding tert-OH is 1. The molecule has 3 saturated heterocycles. The minimum Gasteiger partial charge on any atom is -0.464 e. The Hall–Kier alpha value is -5.72. The average Bonchev–Trinajstić information content (AvgIpc) is 2.96. The van der Waals surface area contributed by atoms with E-state index < -0.39 is 48.5 Å². The number of esters is 2. The fourth-order valence-corrected chi connectivity index (χ4v) is 13.2. The van der Waals surface area contributed by atoms with Gasteiger partial charge in [-0.15, -0.1) is 0 Å². The van der Waals surface area contributed by atoms with Crippen molar-refractivity contribution in [3.63, 3.8) is 0 Å². The smallest absolute Gasteiger partial charge is 0.373 e. The molecule has 480 valence electrons. The van der Waals surface area contributed by atoms with Crippen molar-refractivity contribution in [2.75, 3.05) is 13.2 Å². The van der Waals surface area contributed by atoms with E-state index in [1.165, 1.54) is 5.57 Å². The Kier molecular flexibility index (Phi) is 36.2. The maximum atomic E-state index is 13.6. The van der Waals surface area contributed by atoms with Gasteiger partial charge in [-0.2, -0.15) is 19.2 Å². The monoisotopic (exact) mass is 1310 g/mol. The van der Waals surface area contributed by atoms with Crippen molar-refractivity contribution in [1.82, 2.24) is 0 Å². The van der Waals surface area contributed by atoms with Gasteiger partial charge in [-0.05, 0) is 193 Å². The number of carbonyl (C=O) groups is 2. The first kappa shape index (κ1) is 77.4. The second kappa shape index (κ2) is 40.7. The van der Waals surface area contributed by atoms with Gasteiger partial charge in [0.05, 0.1) is 45.7 Å². The lowest BCUT2D eigenvalue weighted by Gasteiger charge is -2.17. The molecule has 3 fully saturated rings. The number of allylic oxidation sites excluding steroid dienone is 10. The van der Waals surface area contributed by atoms with Crippen LogP contribution in [0.5, 0.6) is 0 Å². The highest BCUT2D eigenvalue weighted by Crippen LogP contribution is 2.34. The van der Waals surface area contributed by atoms with E-state index in [9.17, 15) is 31.5 Å². The zero-order valence-electron chi connectivity index (χ0n) is 52.8. The van der Waals surface area contributed by atoms with Crippen LogP contribution in [0.1, 0.15) is 160 Å². The van der Waals surface area contributed by atoms with E-state index >= 15 is 0 Å². The molecule has 0 radical (unpaired) electrons. The molecule has 0 amide bonds. The topological polar surface area (TPSA) is 247 Å². The van der Waals surface area contributed by atoms with Crippen LogP contribution in [-0.4, -0.2) is 117 Å². The first-order valence-electron chi connectivity index (χ1n) is 29.8. The van der Waals surface area contributed by atoms with Gasteiger partial charge in [0.1, 0.15) is 18.3 Å². The molecule has 1 N–H and O–H groups in total. The summed E-state index contributed by atoms with van der Waals surface area (Å²) < 4.78 is 81.0. The molecule has 0 bridgehead atoms. The molecule has 3 aliphatic rings. The van der Waals surface area contributed by atoms with Crippen LogP contribution in [0.3, 0.4) is 0 Å². The van der Waals surface area contributed by atoms with Crippen molar-refractivity contribution < 1.29 is 74.4 Å². The number of aliphatic hydroxyl groups is 1. The molecule has 0 spiro atoms. The summed E-state index contributed by atoms with van der Waals surface area (Å²) in [6.45, 7) is 24.4. The fraction of sp³-hybridized carbons (Fsp3) is 0.529. The van der Waals surface area contributed by atoms with E-state index in [4.69, 9.17) is 42.9 Å². The summed E-state index contributed by atoms with van der Waals surface area (Å²) in [4.78, 5) is 56.8. The minimum atomic E-state index is -3.57. The fourth-order valence-electron chi connectivity index (χ4n) is 9.44. The number of benzene rings is 2. The Labute approximate surface area is 526 Å². The van der Waals surface area contributed by atoms with Crippen molar-refractivity contribution >= 4 is 59.8 Å². The molecule has 87 heavy (non-hydrogen) atoms. The third kappa shape index (κ3) is 28.1. The number of halogens is 1. The minimum absolute atomic E-state index is 0.0220. The number of ether oxygens (including phenoxy) is 5. The largest absolute Gasteiger partial charge is 0.464 e. The molecule has 10 unspecified atom stereocenters. The first-order chi connectivity index (χ1) is 41.3. The van der Waals surface area contributed by atoms with Crippen molar-refractivity contribution in [2.45, 2.75) is 228 Å². The molecule has 0 aromatic heterocycles. The third-order valence-electron chi connectivity index (χ3n) is 14.8. The highest BCUT2D eigenvalue weighted by atomic mass is 79.9. The van der Waals surface area contributed by atoms with Gasteiger partial charge in [-0.1, -0.05) is 137 Å². The van der Waals surface area contributed by atoms with Gasteiger partial charge in [0.25, 0.3) is 0 Å². The predicted molar refractivity (Wildman–Crippen MR) is 340 cm³/mol. The van der Waals surface area contributed by atoms with Crippen molar-refractivity contribution in [3.05, 3.63) is 154 Å². The van der Waals surface area contributed by atoms with E-state index in [0.29, 0.717) is 48.4 Å². The van der Waals surface area contributed by atoms with Crippen molar-refractivity contribution in [2.24, 2.45) is 0 Å². The number of hydrogen-bond donors (Lipinski definition) is 1. The van der Waals surface area contributed by atoms with E-state index in [2.05, 4.69) is 48.0 Å². The summed E-state index contributed by atoms with van der Waals surface area (Å²) in [5, 5.41) is 9.08. The van der Waals surface area contributed by atoms with Crippen LogP contribution in [0.4, 0.5) is 0 Å². The molecule has 19 heteroatoms. The predicted octanol–water partition coefficient (Wildman–Crippen LogP) is 13.3. The lowest BCUT2D eigenvalue weighted by Crippen LogP contribution is -2.20. The number of hydrogen-bond acceptors (Lipinski definition) is 16. The number of sulfone groups is 2. The van der Waals surface area contributed by atoms with E-state index in [0.717, 1.165) is 96.8 Å². The Morgan fingerprint density at radius 3 is 1.21 bits per heavy atom. The maximum Gasteiger partial charge on any atom is 0.373 e. The van der Waals surface area contributed by atoms with Crippen LogP contribution in [0.2, 0.25) is 0 Å². The molecule has 3 aliphatic heterocycles. The SMILES string of the molecule is CCOC(=O)C1OC1/C(C)=C/CC/C(C)=C/CC(/C=C(\C)CC/C=C(\C)C(O)C(Br)CC)S(=O)(=O)c1ccccc1.CCOC(=O)C1OC1/C(C)=C/CC/C(C)=C/CC(/C=C(\C)CC/C=C(\C)C1OC1CC)S(=O)(=O)c1ccccc1.O=C=O.O=C=O. The van der Waals surface area contributed by atoms with Crippen LogP contribution in [-0.2, 0) is 72.1 Å². The summed E-state index contributed by atoms with van der Waals surface area (Å²) in [6, 6.07) is 17.3. The molecule has 0 aliphatic carbocycles. The van der Waals surface area contributed by atoms with Gasteiger partial charge < -0.3 is 28.8 Å². The van der Waals surface area contributed by atoms with Gasteiger partial charge in [0.2, 0.25) is 0 Å². The highest BCUT2D eigenvalue weighted by molar-refractivity contribution is 9.09. The molecule has 2 aromatic carbocycles. The lowest BCUT2D eigenvalue weighted by molar-refractivity contribution is -0.193. The van der Waals surface area contributed by atoms with Gasteiger partial charge >= 0.3 is 24.2 Å². The quantitative estimate of drug-likeness (QED) is 0.0302. The third-order valence-corrected chi connectivity index (χ3v) is 20.1. The number of carbonyl (C=O) groups excluding carboxylic acids is 6. The van der Waals surface area contributed by atoms with Crippen LogP contribution in [0.25, 0.3) is 0 Å². The lowest BCUT2D eigenvalue weighted by atomic mass is 10.0. The van der Waals surface area contributed by atoms with Crippen molar-refractivity contribution in [1.29, 1.82) is 0 Å². The summed E-state index contributed by atoms with van der Waals surface area (Å²) in [7, 11) is -7.10. The average molecular weight is 1310 g/mol. The second-order valence-corrected chi connectivity index (χ2v) is 27.3. The molecular weight excluding hydrogens is 1220 g/mol. The molecule has 5 rings (SSSR count). The zero-order chi connectivity index (χ0) is 65.3. The standard InChI is InChI=1S/C33H47BrO6S.C33H46O6S.2CO2/c1-7-29(34)30(35)25(5)16-13-15-24(4)22-28(41(37,38)27-18-10-9-11-19-27)21-20-23(3)14-12-17-26(6)31-32(40-31)33(36)39-8-2;1-7-29-30(38-29)25(5)16-13-15-24(4)22-28(40(35,36)27-18-10-9-11-19-27)21-20-23(3)14-12-17-26(6)31-32(39-31)33(34)37-8-2;2*2-1-3/h9-11,16-20,22,28-32,35H,7-8,12-15,21H2,1-6H3;9-11,16-20,22,28-32H,7-8,12-15,21H2,1-6H3;;/b2*23-20+,24-22+,25-16+,26-17+;;. The molecule has 16 nitrogen and oxygen atoms in total. The Morgan fingerprint density at radius 1 is 0.529 bits per heavy atom. The normalized spacial score (nSPS) is 21.3. The Balaban J connectivity index is 0.000000544. The molecule has 10 atom stereocenters. The summed E-state index contributed by atoms with van der Waals surface area (Å²) >= 11 is 3.51. The highest BCUT2D eigenvalue weighted by Gasteiger charge is 2.48. The molecule has 0 saturated carbocycles. The zero-order valence-corrected chi connectivity index (χ0v) is 56.0.